The molecule has 0 aromatic rings. The van der Waals surface area contributed by atoms with Gasteiger partial charge in [0.05, 0.1) is 5.70 Å². The maximum atomic E-state index is 10.9. The van der Waals surface area contributed by atoms with E-state index in [0.29, 0.717) is 12.2 Å². The molecule has 5 nitrogen and oxygen atoms in total. The van der Waals surface area contributed by atoms with Crippen LogP contribution in [0.15, 0.2) is 11.8 Å². The summed E-state index contributed by atoms with van der Waals surface area (Å²) >= 11 is 0. The van der Waals surface area contributed by atoms with Crippen LogP contribution in [0.4, 0.5) is 0 Å². The Bertz CT molecular complexity index is 274. The molecule has 1 unspecified atom stereocenters. The minimum absolute atomic E-state index is 0.0248. The lowest BCUT2D eigenvalue weighted by molar-refractivity contribution is -0.138. The number of rotatable bonds is 8. The second-order valence-corrected chi connectivity index (χ2v) is 3.70. The molecular weight excluding hydrogens is 208 g/mol. The van der Waals surface area contributed by atoms with Gasteiger partial charge in [0.15, 0.2) is 0 Å². The number of aliphatic carboxylic acids is 1. The number of carboxylic acids is 1. The Morgan fingerprint density at radius 2 is 2.12 bits per heavy atom. The van der Waals surface area contributed by atoms with Gasteiger partial charge in [-0.3, -0.25) is 9.59 Å². The van der Waals surface area contributed by atoms with Gasteiger partial charge < -0.3 is 16.2 Å². The fraction of sp³-hybridized carbons (Fsp3) is 0.636. The smallest absolute Gasteiger partial charge is 0.303 e. The molecule has 0 aliphatic heterocycles. The summed E-state index contributed by atoms with van der Waals surface area (Å²) in [6.45, 7) is 4.17. The third kappa shape index (κ3) is 6.06. The zero-order valence-corrected chi connectivity index (χ0v) is 9.82. The van der Waals surface area contributed by atoms with Crippen molar-refractivity contribution in [2.45, 2.75) is 33.1 Å². The maximum Gasteiger partial charge on any atom is 0.303 e. The molecular formula is C11H20N2O3. The molecule has 0 aromatic heterocycles. The fourth-order valence-electron chi connectivity index (χ4n) is 1.52. The van der Waals surface area contributed by atoms with Gasteiger partial charge in [0, 0.05) is 13.0 Å². The zero-order chi connectivity index (χ0) is 12.6. The van der Waals surface area contributed by atoms with E-state index in [1.54, 1.807) is 13.0 Å². The Hall–Kier alpha value is -1.52. The van der Waals surface area contributed by atoms with Crippen molar-refractivity contribution < 1.29 is 14.7 Å². The van der Waals surface area contributed by atoms with Gasteiger partial charge in [0.1, 0.15) is 0 Å². The molecule has 0 radical (unpaired) electrons. The SMILES string of the molecule is C/C=C(/NCC(CCC)CC(=O)O)C(N)=O. The topological polar surface area (TPSA) is 92.4 Å². The van der Waals surface area contributed by atoms with Crippen molar-refractivity contribution >= 4 is 11.9 Å². The number of hydrogen-bond donors (Lipinski definition) is 3. The van der Waals surface area contributed by atoms with Crippen LogP contribution in [0.1, 0.15) is 33.1 Å². The van der Waals surface area contributed by atoms with Crippen molar-refractivity contribution in [3.8, 4) is 0 Å². The Kier molecular flexibility index (Phi) is 7.00. The lowest BCUT2D eigenvalue weighted by Gasteiger charge is -2.16. The van der Waals surface area contributed by atoms with Crippen LogP contribution in [0.5, 0.6) is 0 Å². The van der Waals surface area contributed by atoms with Gasteiger partial charge in [-0.05, 0) is 19.3 Å². The molecule has 16 heavy (non-hydrogen) atoms. The summed E-state index contributed by atoms with van der Waals surface area (Å²) in [5, 5.41) is 11.6. The van der Waals surface area contributed by atoms with Gasteiger partial charge in [-0.25, -0.2) is 0 Å². The number of amides is 1. The van der Waals surface area contributed by atoms with Crippen molar-refractivity contribution in [1.82, 2.24) is 5.32 Å². The van der Waals surface area contributed by atoms with Crippen LogP contribution < -0.4 is 11.1 Å². The number of carbonyl (C=O) groups is 2. The Morgan fingerprint density at radius 1 is 1.50 bits per heavy atom. The van der Waals surface area contributed by atoms with Gasteiger partial charge in [-0.15, -0.1) is 0 Å². The minimum Gasteiger partial charge on any atom is -0.481 e. The van der Waals surface area contributed by atoms with Crippen LogP contribution in [0, 0.1) is 5.92 Å². The second-order valence-electron chi connectivity index (χ2n) is 3.70. The number of carbonyl (C=O) groups excluding carboxylic acids is 1. The van der Waals surface area contributed by atoms with Gasteiger partial charge in [-0.2, -0.15) is 0 Å². The van der Waals surface area contributed by atoms with E-state index in [0.717, 1.165) is 12.8 Å². The minimum atomic E-state index is -0.818. The van der Waals surface area contributed by atoms with E-state index in [2.05, 4.69) is 5.32 Å². The molecule has 0 spiro atoms. The van der Waals surface area contributed by atoms with Gasteiger partial charge in [0.2, 0.25) is 0 Å². The van der Waals surface area contributed by atoms with Crippen molar-refractivity contribution in [2.75, 3.05) is 6.54 Å². The van der Waals surface area contributed by atoms with Crippen LogP contribution in [-0.4, -0.2) is 23.5 Å². The van der Waals surface area contributed by atoms with Crippen LogP contribution in [-0.2, 0) is 9.59 Å². The highest BCUT2D eigenvalue weighted by molar-refractivity contribution is 5.91. The molecule has 0 aromatic carbocycles. The van der Waals surface area contributed by atoms with E-state index >= 15 is 0 Å². The fourth-order valence-corrected chi connectivity index (χ4v) is 1.52. The number of hydrogen-bond acceptors (Lipinski definition) is 3. The summed E-state index contributed by atoms with van der Waals surface area (Å²) in [4.78, 5) is 21.5. The zero-order valence-electron chi connectivity index (χ0n) is 9.82. The summed E-state index contributed by atoms with van der Waals surface area (Å²) < 4.78 is 0. The van der Waals surface area contributed by atoms with Crippen molar-refractivity contribution in [3.05, 3.63) is 11.8 Å². The van der Waals surface area contributed by atoms with Crippen molar-refractivity contribution in [3.63, 3.8) is 0 Å². The highest BCUT2D eigenvalue weighted by Gasteiger charge is 2.13. The molecule has 5 heteroatoms. The van der Waals surface area contributed by atoms with E-state index in [4.69, 9.17) is 10.8 Å². The van der Waals surface area contributed by atoms with Crippen LogP contribution in [0.2, 0.25) is 0 Å². The third-order valence-electron chi connectivity index (χ3n) is 2.30. The normalized spacial score (nSPS) is 13.2. The standard InChI is InChI=1S/C11H20N2O3/c1-3-5-8(6-10(14)15)7-13-9(4-2)11(12)16/h4,8,13H,3,5-7H2,1-2H3,(H2,12,16)(H,14,15)/b9-4+. The van der Waals surface area contributed by atoms with Gasteiger partial charge in [0.25, 0.3) is 5.91 Å². The predicted octanol–water partition coefficient (Wildman–Crippen LogP) is 0.856. The number of carboxylic acid groups (broad SMARTS) is 1. The highest BCUT2D eigenvalue weighted by Crippen LogP contribution is 2.10. The molecule has 0 bridgehead atoms. The van der Waals surface area contributed by atoms with Gasteiger partial charge >= 0.3 is 5.97 Å². The monoisotopic (exact) mass is 228 g/mol. The Labute approximate surface area is 95.7 Å². The molecule has 0 heterocycles. The van der Waals surface area contributed by atoms with Gasteiger partial charge in [-0.1, -0.05) is 19.4 Å². The van der Waals surface area contributed by atoms with E-state index in [9.17, 15) is 9.59 Å². The molecule has 4 N–H and O–H groups in total. The molecule has 0 fully saturated rings. The number of nitrogens with two attached hydrogens (primary N) is 1. The van der Waals surface area contributed by atoms with Crippen LogP contribution in [0.25, 0.3) is 0 Å². The molecule has 0 aliphatic rings. The van der Waals surface area contributed by atoms with E-state index in [-0.39, 0.29) is 12.3 Å². The summed E-state index contributed by atoms with van der Waals surface area (Å²) in [7, 11) is 0. The lowest BCUT2D eigenvalue weighted by Crippen LogP contribution is -2.30. The summed E-state index contributed by atoms with van der Waals surface area (Å²) in [5.74, 6) is -1.31. The molecule has 0 rings (SSSR count). The number of allylic oxidation sites excluding steroid dienone is 1. The largest absolute Gasteiger partial charge is 0.481 e. The van der Waals surface area contributed by atoms with E-state index in [1.165, 1.54) is 0 Å². The van der Waals surface area contributed by atoms with Crippen molar-refractivity contribution in [1.29, 1.82) is 0 Å². The second kappa shape index (κ2) is 7.73. The third-order valence-corrected chi connectivity index (χ3v) is 2.30. The maximum absolute atomic E-state index is 10.9. The summed E-state index contributed by atoms with van der Waals surface area (Å²) in [6, 6.07) is 0. The molecule has 0 aliphatic carbocycles. The highest BCUT2D eigenvalue weighted by atomic mass is 16.4. The predicted molar refractivity (Wildman–Crippen MR) is 61.6 cm³/mol. The number of primary amides is 1. The Balaban J connectivity index is 4.19. The van der Waals surface area contributed by atoms with Crippen LogP contribution in [0.3, 0.4) is 0 Å². The summed E-state index contributed by atoms with van der Waals surface area (Å²) in [6.07, 6.45) is 3.43. The van der Waals surface area contributed by atoms with Crippen molar-refractivity contribution in [2.24, 2.45) is 11.7 Å². The molecule has 0 saturated carbocycles. The molecule has 92 valence electrons. The Morgan fingerprint density at radius 3 is 2.50 bits per heavy atom. The first kappa shape index (κ1) is 14.5. The first-order valence-electron chi connectivity index (χ1n) is 5.43. The average molecular weight is 228 g/mol. The van der Waals surface area contributed by atoms with E-state index < -0.39 is 11.9 Å². The first-order chi connectivity index (χ1) is 7.51. The average Bonchev–Trinajstić information content (AvgIpc) is 2.17. The molecule has 1 atom stereocenters. The van der Waals surface area contributed by atoms with Crippen LogP contribution >= 0.6 is 0 Å². The quantitative estimate of drug-likeness (QED) is 0.537. The summed E-state index contributed by atoms with van der Waals surface area (Å²) in [5.41, 5.74) is 5.46. The van der Waals surface area contributed by atoms with E-state index in [1.807, 2.05) is 6.92 Å². The number of nitrogens with one attached hydrogen (secondary N) is 1. The first-order valence-corrected chi connectivity index (χ1v) is 5.43. The molecule has 0 saturated heterocycles. The lowest BCUT2D eigenvalue weighted by atomic mass is 10.00. The molecule has 1 amide bonds.